The quantitative estimate of drug-likeness (QED) is 0.647. The maximum Gasteiger partial charge on any atom is 0.251 e. The van der Waals surface area contributed by atoms with Crippen molar-refractivity contribution in [1.29, 1.82) is 5.26 Å². The van der Waals surface area contributed by atoms with E-state index in [1.807, 2.05) is 41.8 Å². The minimum Gasteiger partial charge on any atom is -0.355 e. The first-order chi connectivity index (χ1) is 15.7. The van der Waals surface area contributed by atoms with E-state index in [1.165, 1.54) is 0 Å². The molecule has 3 aliphatic rings. The number of nitrogens with zero attached hydrogens (tertiary/aromatic N) is 4. The standard InChI is InChI=1S/C24H32N6O3/c1-14-7-18(10-25)29(11-14)23(32)20(26)13-28-12-19-9-21(28)24(33)30(19)15(2)16-5-4-6-17(8-16)22(31)27-3/h4-6,8,14-15,18-21H,7,9,11-13,26H2,1-3H3,(H,27,31)/t14?,15?,18?,19-,20?,21?/m0/s1. The monoisotopic (exact) mass is 452 g/mol. The highest BCUT2D eigenvalue weighted by Crippen LogP contribution is 2.38. The van der Waals surface area contributed by atoms with Gasteiger partial charge in [-0.25, -0.2) is 0 Å². The molecule has 4 rings (SSSR count). The maximum atomic E-state index is 13.2. The molecule has 0 aromatic heterocycles. The van der Waals surface area contributed by atoms with E-state index in [-0.39, 0.29) is 41.8 Å². The first-order valence-corrected chi connectivity index (χ1v) is 11.6. The molecule has 3 fully saturated rings. The van der Waals surface area contributed by atoms with Crippen LogP contribution in [-0.2, 0) is 9.59 Å². The molecule has 0 radical (unpaired) electrons. The molecule has 2 bridgehead atoms. The van der Waals surface area contributed by atoms with Crippen LogP contribution in [0.5, 0.6) is 0 Å². The van der Waals surface area contributed by atoms with Gasteiger partial charge in [0.15, 0.2) is 0 Å². The molecule has 3 aliphatic heterocycles. The number of benzene rings is 1. The highest BCUT2D eigenvalue weighted by Gasteiger charge is 2.51. The molecule has 1 aromatic carbocycles. The van der Waals surface area contributed by atoms with Gasteiger partial charge >= 0.3 is 0 Å². The normalized spacial score (nSPS) is 28.6. The van der Waals surface area contributed by atoms with Crippen molar-refractivity contribution < 1.29 is 14.4 Å². The fraction of sp³-hybridized carbons (Fsp3) is 0.583. The van der Waals surface area contributed by atoms with Crippen LogP contribution in [0.15, 0.2) is 24.3 Å². The summed E-state index contributed by atoms with van der Waals surface area (Å²) in [5.74, 6) is -0.0490. The summed E-state index contributed by atoms with van der Waals surface area (Å²) in [7, 11) is 1.59. The fourth-order valence-electron chi connectivity index (χ4n) is 5.60. The van der Waals surface area contributed by atoms with E-state index in [4.69, 9.17) is 5.73 Å². The first-order valence-electron chi connectivity index (χ1n) is 11.6. The molecule has 3 amide bonds. The Hall–Kier alpha value is -2.96. The van der Waals surface area contributed by atoms with Crippen molar-refractivity contribution in [1.82, 2.24) is 20.0 Å². The highest BCUT2D eigenvalue weighted by molar-refractivity contribution is 5.94. The number of hydrogen-bond donors (Lipinski definition) is 2. The third-order valence-corrected chi connectivity index (χ3v) is 7.28. The summed E-state index contributed by atoms with van der Waals surface area (Å²) in [6, 6.07) is 7.99. The van der Waals surface area contributed by atoms with Crippen LogP contribution in [0.4, 0.5) is 0 Å². The number of piperazine rings is 1. The van der Waals surface area contributed by atoms with Gasteiger partial charge in [-0.3, -0.25) is 19.3 Å². The van der Waals surface area contributed by atoms with Crippen LogP contribution >= 0.6 is 0 Å². The molecular formula is C24H32N6O3. The Morgan fingerprint density at radius 2 is 2.06 bits per heavy atom. The molecule has 0 spiro atoms. The molecule has 6 atom stereocenters. The summed E-state index contributed by atoms with van der Waals surface area (Å²) in [5.41, 5.74) is 7.74. The van der Waals surface area contributed by atoms with E-state index in [9.17, 15) is 19.6 Å². The van der Waals surface area contributed by atoms with Gasteiger partial charge in [-0.15, -0.1) is 0 Å². The van der Waals surface area contributed by atoms with Gasteiger partial charge < -0.3 is 20.9 Å². The fourth-order valence-corrected chi connectivity index (χ4v) is 5.60. The maximum absolute atomic E-state index is 13.2. The van der Waals surface area contributed by atoms with Crippen molar-refractivity contribution in [3.63, 3.8) is 0 Å². The van der Waals surface area contributed by atoms with Crippen LogP contribution in [0, 0.1) is 17.2 Å². The number of rotatable bonds is 6. The lowest BCUT2D eigenvalue weighted by Crippen LogP contribution is -2.56. The molecule has 1 aromatic rings. The van der Waals surface area contributed by atoms with Crippen molar-refractivity contribution >= 4 is 17.7 Å². The first kappa shape index (κ1) is 23.2. The summed E-state index contributed by atoms with van der Waals surface area (Å²) >= 11 is 0. The zero-order chi connectivity index (χ0) is 23.9. The Bertz CT molecular complexity index is 991. The van der Waals surface area contributed by atoms with E-state index in [2.05, 4.69) is 11.4 Å². The predicted molar refractivity (Wildman–Crippen MR) is 122 cm³/mol. The minimum absolute atomic E-state index is 0.0356. The molecule has 3 saturated heterocycles. The lowest BCUT2D eigenvalue weighted by Gasteiger charge is -2.38. The van der Waals surface area contributed by atoms with Gasteiger partial charge in [0.1, 0.15) is 6.04 Å². The molecule has 9 nitrogen and oxygen atoms in total. The van der Waals surface area contributed by atoms with E-state index < -0.39 is 12.1 Å². The number of likely N-dealkylation sites (tertiary alicyclic amines) is 3. The van der Waals surface area contributed by atoms with Crippen molar-refractivity contribution in [2.75, 3.05) is 26.7 Å². The van der Waals surface area contributed by atoms with E-state index in [1.54, 1.807) is 18.0 Å². The molecule has 3 N–H and O–H groups in total. The van der Waals surface area contributed by atoms with E-state index in [0.29, 0.717) is 38.0 Å². The SMILES string of the molecule is CNC(=O)c1cccc(C(C)N2C(=O)C3C[C@H]2CN3CC(N)C(=O)N2CC(C)CC2C#N)c1. The van der Waals surface area contributed by atoms with Crippen LogP contribution in [0.3, 0.4) is 0 Å². The number of hydrogen-bond acceptors (Lipinski definition) is 6. The number of carbonyl (C=O) groups is 3. The second-order valence-electron chi connectivity index (χ2n) is 9.57. The highest BCUT2D eigenvalue weighted by atomic mass is 16.2. The molecule has 5 unspecified atom stereocenters. The Balaban J connectivity index is 1.40. The van der Waals surface area contributed by atoms with Crippen LogP contribution < -0.4 is 11.1 Å². The Kier molecular flexibility index (Phi) is 6.41. The smallest absolute Gasteiger partial charge is 0.251 e. The zero-order valence-corrected chi connectivity index (χ0v) is 19.4. The molecule has 3 heterocycles. The average Bonchev–Trinajstić information content (AvgIpc) is 3.49. The Morgan fingerprint density at radius 3 is 2.73 bits per heavy atom. The number of fused-ring (bicyclic) bond motifs is 2. The van der Waals surface area contributed by atoms with Gasteiger partial charge in [0.05, 0.1) is 24.2 Å². The average molecular weight is 453 g/mol. The number of carbonyl (C=O) groups excluding carboxylic acids is 3. The largest absolute Gasteiger partial charge is 0.355 e. The van der Waals surface area contributed by atoms with Crippen molar-refractivity contribution in [3.05, 3.63) is 35.4 Å². The molecule has 176 valence electrons. The van der Waals surface area contributed by atoms with E-state index >= 15 is 0 Å². The lowest BCUT2D eigenvalue weighted by atomic mass is 10.0. The second-order valence-corrected chi connectivity index (χ2v) is 9.57. The summed E-state index contributed by atoms with van der Waals surface area (Å²) in [6.45, 7) is 5.54. The number of nitriles is 1. The van der Waals surface area contributed by atoms with Crippen LogP contribution in [0.25, 0.3) is 0 Å². The molecule has 33 heavy (non-hydrogen) atoms. The topological polar surface area (TPSA) is 123 Å². The molecule has 0 saturated carbocycles. The zero-order valence-electron chi connectivity index (χ0n) is 19.4. The van der Waals surface area contributed by atoms with Gasteiger partial charge in [-0.05, 0) is 43.4 Å². The third kappa shape index (κ3) is 4.21. The number of nitrogens with two attached hydrogens (primary N) is 1. The second kappa shape index (κ2) is 9.12. The molecule has 9 heteroatoms. The van der Waals surface area contributed by atoms with Crippen LogP contribution in [0.2, 0.25) is 0 Å². The summed E-state index contributed by atoms with van der Waals surface area (Å²) in [4.78, 5) is 43.7. The molecular weight excluding hydrogens is 420 g/mol. The van der Waals surface area contributed by atoms with Crippen molar-refractivity contribution in [3.8, 4) is 6.07 Å². The van der Waals surface area contributed by atoms with Crippen LogP contribution in [0.1, 0.15) is 48.7 Å². The van der Waals surface area contributed by atoms with Gasteiger partial charge in [0.2, 0.25) is 11.8 Å². The summed E-state index contributed by atoms with van der Waals surface area (Å²) in [6.07, 6.45) is 1.39. The predicted octanol–water partition coefficient (Wildman–Crippen LogP) is 0.480. The van der Waals surface area contributed by atoms with Gasteiger partial charge in [-0.2, -0.15) is 5.26 Å². The number of nitrogens with one attached hydrogen (secondary N) is 1. The van der Waals surface area contributed by atoms with E-state index in [0.717, 1.165) is 5.56 Å². The lowest BCUT2D eigenvalue weighted by molar-refractivity contribution is -0.141. The van der Waals surface area contributed by atoms with Crippen molar-refractivity contribution in [2.45, 2.75) is 56.9 Å². The van der Waals surface area contributed by atoms with Gasteiger partial charge in [-0.1, -0.05) is 19.1 Å². The Labute approximate surface area is 194 Å². The number of amides is 3. The Morgan fingerprint density at radius 1 is 1.30 bits per heavy atom. The van der Waals surface area contributed by atoms with Crippen molar-refractivity contribution in [2.24, 2.45) is 11.7 Å². The van der Waals surface area contributed by atoms with Crippen LogP contribution in [-0.4, -0.2) is 83.3 Å². The molecule has 0 aliphatic carbocycles. The van der Waals surface area contributed by atoms with Gasteiger partial charge in [0, 0.05) is 38.3 Å². The van der Waals surface area contributed by atoms with Gasteiger partial charge in [0.25, 0.3) is 5.91 Å². The minimum atomic E-state index is -0.756. The summed E-state index contributed by atoms with van der Waals surface area (Å²) < 4.78 is 0. The third-order valence-electron chi connectivity index (χ3n) is 7.28. The summed E-state index contributed by atoms with van der Waals surface area (Å²) in [5, 5.41) is 12.0.